The van der Waals surface area contributed by atoms with Gasteiger partial charge in [0.05, 0.1) is 35.5 Å². The largest absolute Gasteiger partial charge is 0.391 e. The van der Waals surface area contributed by atoms with Crippen molar-refractivity contribution in [2.75, 3.05) is 5.32 Å². The van der Waals surface area contributed by atoms with E-state index in [4.69, 9.17) is 23.2 Å². The van der Waals surface area contributed by atoms with Crippen molar-refractivity contribution in [1.29, 1.82) is 0 Å². The van der Waals surface area contributed by atoms with E-state index in [1.54, 1.807) is 23.0 Å². The molecule has 8 nitrogen and oxygen atoms in total. The summed E-state index contributed by atoms with van der Waals surface area (Å²) < 4.78 is 3.24. The van der Waals surface area contributed by atoms with Crippen LogP contribution in [-0.2, 0) is 13.1 Å². The highest BCUT2D eigenvalue weighted by molar-refractivity contribution is 6.33. The van der Waals surface area contributed by atoms with Crippen LogP contribution in [0.5, 0.6) is 0 Å². The van der Waals surface area contributed by atoms with Crippen molar-refractivity contribution in [3.8, 4) is 0 Å². The monoisotopic (exact) mass is 465 g/mol. The summed E-state index contributed by atoms with van der Waals surface area (Å²) in [6, 6.07) is 5.47. The lowest BCUT2D eigenvalue weighted by atomic mass is 10.1. The zero-order chi connectivity index (χ0) is 22.3. The number of fused-ring (bicyclic) bond motifs is 1. The Kier molecular flexibility index (Phi) is 6.00. The van der Waals surface area contributed by atoms with Crippen molar-refractivity contribution in [2.24, 2.45) is 5.92 Å². The molecule has 2 heterocycles. The Morgan fingerprint density at radius 3 is 2.68 bits per heavy atom. The molecule has 2 aromatic heterocycles. The van der Waals surface area contributed by atoms with Gasteiger partial charge in [-0.05, 0) is 68.8 Å². The number of nitrogens with zero attached hydrogens (tertiary/aromatic N) is 4. The van der Waals surface area contributed by atoms with Crippen molar-refractivity contribution < 1.29 is 10.2 Å². The molecule has 0 radical (unpaired) electrons. The average Bonchev–Trinajstić information content (AvgIpc) is 3.50. The molecule has 3 N–H and O–H groups in total. The van der Waals surface area contributed by atoms with Gasteiger partial charge in [-0.2, -0.15) is 4.98 Å². The molecule has 0 spiro atoms. The van der Waals surface area contributed by atoms with Crippen LogP contribution in [0.4, 0.5) is 11.5 Å². The fourth-order valence-corrected chi connectivity index (χ4v) is 3.83. The minimum atomic E-state index is -0.914. The smallest absolute Gasteiger partial charge is 0.329 e. The number of hydrogen-bond donors (Lipinski definition) is 3. The van der Waals surface area contributed by atoms with Crippen LogP contribution in [0, 0.1) is 5.92 Å². The number of benzene rings is 1. The number of halogens is 2. The van der Waals surface area contributed by atoms with Crippen LogP contribution in [-0.4, -0.2) is 41.0 Å². The Balaban J connectivity index is 1.74. The molecular formula is C21H25Cl2N5O3. The first kappa shape index (κ1) is 22.1. The summed E-state index contributed by atoms with van der Waals surface area (Å²) in [5.74, 6) is 0.613. The third-order valence-corrected chi connectivity index (χ3v) is 5.94. The Hall–Kier alpha value is -2.13. The van der Waals surface area contributed by atoms with Crippen LogP contribution in [0.2, 0.25) is 10.3 Å². The number of aliphatic hydroxyl groups is 2. The third kappa shape index (κ3) is 5.03. The second kappa shape index (κ2) is 8.43. The van der Waals surface area contributed by atoms with Crippen molar-refractivity contribution >= 4 is 45.7 Å². The van der Waals surface area contributed by atoms with Crippen LogP contribution in [0.1, 0.15) is 33.1 Å². The molecule has 1 atom stereocenters. The first-order valence-electron chi connectivity index (χ1n) is 10.2. The van der Waals surface area contributed by atoms with E-state index in [1.165, 1.54) is 6.20 Å². The molecule has 31 heavy (non-hydrogen) atoms. The first-order chi connectivity index (χ1) is 14.6. The minimum absolute atomic E-state index is 0.0651. The number of nitrogens with one attached hydrogen (secondary N) is 1. The average molecular weight is 466 g/mol. The molecule has 0 aliphatic heterocycles. The van der Waals surface area contributed by atoms with Crippen LogP contribution in [0.3, 0.4) is 0 Å². The maximum atomic E-state index is 13.2. The van der Waals surface area contributed by atoms with Crippen molar-refractivity contribution in [1.82, 2.24) is 19.1 Å². The number of aryl methyl sites for hydroxylation is 1. The van der Waals surface area contributed by atoms with Gasteiger partial charge in [-0.15, -0.1) is 0 Å². The molecular weight excluding hydrogens is 441 g/mol. The molecule has 1 saturated carbocycles. The zero-order valence-corrected chi connectivity index (χ0v) is 18.9. The number of anilines is 2. The summed E-state index contributed by atoms with van der Waals surface area (Å²) in [5.41, 5.74) is 0.958. The molecule has 10 heteroatoms. The maximum Gasteiger partial charge on any atom is 0.329 e. The predicted octanol–water partition coefficient (Wildman–Crippen LogP) is 3.58. The summed E-state index contributed by atoms with van der Waals surface area (Å²) >= 11 is 12.0. The van der Waals surface area contributed by atoms with Crippen LogP contribution in [0.15, 0.2) is 29.2 Å². The summed E-state index contributed by atoms with van der Waals surface area (Å²) in [7, 11) is 0. The fraction of sp³-hybridized carbons (Fsp3) is 0.476. The summed E-state index contributed by atoms with van der Waals surface area (Å²) in [6.07, 6.45) is 3.24. The molecule has 1 aliphatic rings. The number of aliphatic hydroxyl groups excluding tert-OH is 1. The topological polar surface area (TPSA) is 105 Å². The van der Waals surface area contributed by atoms with Crippen LogP contribution in [0.25, 0.3) is 11.0 Å². The number of aromatic nitrogens is 4. The van der Waals surface area contributed by atoms with Gasteiger partial charge in [-0.3, -0.25) is 9.13 Å². The van der Waals surface area contributed by atoms with Crippen molar-refractivity contribution in [3.63, 3.8) is 0 Å². The zero-order valence-electron chi connectivity index (χ0n) is 17.3. The van der Waals surface area contributed by atoms with E-state index in [0.29, 0.717) is 35.0 Å². The van der Waals surface area contributed by atoms with Gasteiger partial charge in [-0.25, -0.2) is 9.78 Å². The Morgan fingerprint density at radius 1 is 1.26 bits per heavy atom. The summed E-state index contributed by atoms with van der Waals surface area (Å²) in [6.45, 7) is 4.01. The normalized spacial score (nSPS) is 15.4. The quantitative estimate of drug-likeness (QED) is 0.439. The maximum absolute atomic E-state index is 13.2. The molecule has 3 aromatic rings. The highest BCUT2D eigenvalue weighted by atomic mass is 35.5. The summed E-state index contributed by atoms with van der Waals surface area (Å²) in [4.78, 5) is 21.1. The van der Waals surface area contributed by atoms with Crippen LogP contribution < -0.4 is 11.0 Å². The van der Waals surface area contributed by atoms with E-state index in [0.717, 1.165) is 18.4 Å². The highest BCUT2D eigenvalue weighted by Crippen LogP contribution is 2.34. The fourth-order valence-electron chi connectivity index (χ4n) is 3.56. The molecule has 1 aromatic carbocycles. The van der Waals surface area contributed by atoms with Gasteiger partial charge in [0.25, 0.3) is 0 Å². The molecule has 0 bridgehead atoms. The number of imidazole rings is 1. The number of rotatable bonds is 8. The first-order valence-corrected chi connectivity index (χ1v) is 11.0. The Morgan fingerprint density at radius 2 is 2.00 bits per heavy atom. The van der Waals surface area contributed by atoms with Crippen molar-refractivity contribution in [2.45, 2.75) is 57.9 Å². The van der Waals surface area contributed by atoms with E-state index < -0.39 is 11.7 Å². The van der Waals surface area contributed by atoms with Gasteiger partial charge < -0.3 is 15.5 Å². The minimum Gasteiger partial charge on any atom is -0.391 e. The lowest BCUT2D eigenvalue weighted by molar-refractivity contribution is 0.0661. The third-order valence-electron chi connectivity index (χ3n) is 5.48. The van der Waals surface area contributed by atoms with E-state index in [2.05, 4.69) is 15.3 Å². The van der Waals surface area contributed by atoms with Gasteiger partial charge >= 0.3 is 5.69 Å². The standard InChI is InChI=1S/C21H25Cl2N5O3/c1-21(2,31)7-8-27-16-9-13(25-18-14(22)10-24-19(23)26-18)5-6-15(16)28(20(27)30)11-17(29)12-3-4-12/h5-6,9-10,12,17,29,31H,3-4,7-8,11H2,1-2H3,(H,24,25,26). The van der Waals surface area contributed by atoms with Gasteiger partial charge in [0.2, 0.25) is 5.28 Å². The van der Waals surface area contributed by atoms with Crippen molar-refractivity contribution in [3.05, 3.63) is 45.2 Å². The molecule has 0 amide bonds. The molecule has 4 rings (SSSR count). The predicted molar refractivity (Wildman–Crippen MR) is 121 cm³/mol. The molecule has 1 fully saturated rings. The molecule has 1 aliphatic carbocycles. The van der Waals surface area contributed by atoms with E-state index in [-0.39, 0.29) is 23.4 Å². The van der Waals surface area contributed by atoms with Gasteiger partial charge in [0, 0.05) is 12.2 Å². The van der Waals surface area contributed by atoms with Gasteiger partial charge in [0.15, 0.2) is 5.82 Å². The molecule has 1 unspecified atom stereocenters. The van der Waals surface area contributed by atoms with Gasteiger partial charge in [0.1, 0.15) is 5.02 Å². The Bertz CT molecular complexity index is 1160. The Labute approximate surface area is 189 Å². The summed E-state index contributed by atoms with van der Waals surface area (Å²) in [5, 5.41) is 24.1. The number of hydrogen-bond acceptors (Lipinski definition) is 6. The lowest BCUT2D eigenvalue weighted by Gasteiger charge is -2.17. The van der Waals surface area contributed by atoms with E-state index in [1.807, 2.05) is 18.2 Å². The second-order valence-electron chi connectivity index (χ2n) is 8.68. The second-order valence-corrected chi connectivity index (χ2v) is 9.42. The molecule has 0 saturated heterocycles. The molecule has 166 valence electrons. The van der Waals surface area contributed by atoms with Crippen LogP contribution >= 0.6 is 23.2 Å². The van der Waals surface area contributed by atoms with E-state index in [9.17, 15) is 15.0 Å². The van der Waals surface area contributed by atoms with Gasteiger partial charge in [-0.1, -0.05) is 11.6 Å². The highest BCUT2D eigenvalue weighted by Gasteiger charge is 2.31. The van der Waals surface area contributed by atoms with E-state index >= 15 is 0 Å². The lowest BCUT2D eigenvalue weighted by Crippen LogP contribution is -2.31. The SMILES string of the molecule is CC(C)(O)CCn1c(=O)n(CC(O)C2CC2)c2ccc(Nc3nc(Cl)ncc3Cl)cc21.